The van der Waals surface area contributed by atoms with Gasteiger partial charge in [-0.1, -0.05) is 22.0 Å². The third kappa shape index (κ3) is 2.24. The van der Waals surface area contributed by atoms with E-state index in [0.717, 1.165) is 15.4 Å². The van der Waals surface area contributed by atoms with Gasteiger partial charge in [0.2, 0.25) is 5.88 Å². The highest BCUT2D eigenvalue weighted by atomic mass is 79.9. The van der Waals surface area contributed by atoms with Crippen LogP contribution >= 0.6 is 15.9 Å². The molecule has 0 fully saturated rings. The Morgan fingerprint density at radius 3 is 2.82 bits per heavy atom. The van der Waals surface area contributed by atoms with Crippen molar-refractivity contribution in [3.8, 4) is 5.88 Å². The number of fused-ring (bicyclic) bond motifs is 1. The van der Waals surface area contributed by atoms with E-state index in [0.29, 0.717) is 11.4 Å². The van der Waals surface area contributed by atoms with Crippen LogP contribution in [0.5, 0.6) is 5.88 Å². The molecule has 2 rings (SSSR count). The van der Waals surface area contributed by atoms with E-state index in [1.807, 2.05) is 18.2 Å². The van der Waals surface area contributed by atoms with E-state index in [2.05, 4.69) is 26.2 Å². The Morgan fingerprint density at radius 1 is 1.41 bits per heavy atom. The van der Waals surface area contributed by atoms with Crippen LogP contribution < -0.4 is 10.1 Å². The summed E-state index contributed by atoms with van der Waals surface area (Å²) in [5.41, 5.74) is 1.22. The maximum atomic E-state index is 11.7. The molecule has 88 valence electrons. The Labute approximate surface area is 107 Å². The van der Waals surface area contributed by atoms with E-state index >= 15 is 0 Å². The Balaban J connectivity index is 2.68. The number of pyridine rings is 1. The number of carbonyl (C=O) groups excluding carboxylic acids is 1. The second-order valence-electron chi connectivity index (χ2n) is 3.46. The highest BCUT2D eigenvalue weighted by molar-refractivity contribution is 9.10. The molecule has 1 heterocycles. The smallest absolute Gasteiger partial charge is 0.256 e. The molecule has 1 aromatic heterocycles. The van der Waals surface area contributed by atoms with Gasteiger partial charge in [0.05, 0.1) is 12.6 Å². The molecule has 0 aliphatic rings. The summed E-state index contributed by atoms with van der Waals surface area (Å²) in [7, 11) is 3.08. The molecule has 4 nitrogen and oxygen atoms in total. The van der Waals surface area contributed by atoms with Gasteiger partial charge in [-0.2, -0.15) is 0 Å². The third-order valence-corrected chi connectivity index (χ3v) is 2.90. The van der Waals surface area contributed by atoms with Crippen molar-refractivity contribution >= 4 is 32.7 Å². The second kappa shape index (κ2) is 4.71. The van der Waals surface area contributed by atoms with Crippen molar-refractivity contribution < 1.29 is 9.53 Å². The minimum absolute atomic E-state index is 0.209. The van der Waals surface area contributed by atoms with Gasteiger partial charge >= 0.3 is 0 Å². The van der Waals surface area contributed by atoms with Crippen LogP contribution in [0.15, 0.2) is 28.7 Å². The molecular weight excluding hydrogens is 284 g/mol. The van der Waals surface area contributed by atoms with Crippen LogP contribution in [0.3, 0.4) is 0 Å². The van der Waals surface area contributed by atoms with Gasteiger partial charge < -0.3 is 10.1 Å². The molecule has 0 aliphatic carbocycles. The van der Waals surface area contributed by atoms with Gasteiger partial charge in [0.15, 0.2) is 0 Å². The summed E-state index contributed by atoms with van der Waals surface area (Å²) in [4.78, 5) is 16.0. The molecule has 1 aromatic carbocycles. The summed E-state index contributed by atoms with van der Waals surface area (Å²) in [6, 6.07) is 7.46. The van der Waals surface area contributed by atoms with Gasteiger partial charge in [0.1, 0.15) is 5.56 Å². The van der Waals surface area contributed by atoms with Crippen molar-refractivity contribution in [1.29, 1.82) is 0 Å². The molecule has 5 heteroatoms. The first kappa shape index (κ1) is 11.9. The van der Waals surface area contributed by atoms with E-state index in [4.69, 9.17) is 4.74 Å². The number of nitrogens with zero attached hydrogens (tertiary/aromatic N) is 1. The molecule has 17 heavy (non-hydrogen) atoms. The summed E-state index contributed by atoms with van der Waals surface area (Å²) in [5.74, 6) is 0.120. The zero-order valence-electron chi connectivity index (χ0n) is 9.45. The fraction of sp³-hybridized carbons (Fsp3) is 0.167. The fourth-order valence-corrected chi connectivity index (χ4v) is 1.92. The van der Waals surface area contributed by atoms with Crippen molar-refractivity contribution in [3.05, 3.63) is 34.3 Å². The molecule has 0 saturated heterocycles. The molecule has 1 N–H and O–H groups in total. The lowest BCUT2D eigenvalue weighted by molar-refractivity contribution is 0.0959. The highest BCUT2D eigenvalue weighted by Crippen LogP contribution is 2.24. The van der Waals surface area contributed by atoms with E-state index in [1.165, 1.54) is 7.11 Å². The van der Waals surface area contributed by atoms with E-state index in [-0.39, 0.29) is 5.91 Å². The first-order valence-corrected chi connectivity index (χ1v) is 5.81. The predicted molar refractivity (Wildman–Crippen MR) is 69.4 cm³/mol. The van der Waals surface area contributed by atoms with Crippen LogP contribution in [0.1, 0.15) is 10.4 Å². The highest BCUT2D eigenvalue weighted by Gasteiger charge is 2.13. The molecule has 2 aromatic rings. The van der Waals surface area contributed by atoms with Gasteiger partial charge in [-0.05, 0) is 18.2 Å². The van der Waals surface area contributed by atoms with Gasteiger partial charge in [-0.3, -0.25) is 4.79 Å². The third-order valence-electron chi connectivity index (χ3n) is 2.41. The summed E-state index contributed by atoms with van der Waals surface area (Å²) in [5, 5.41) is 3.46. The van der Waals surface area contributed by atoms with Gasteiger partial charge in [-0.25, -0.2) is 4.98 Å². The Hall–Kier alpha value is -1.62. The van der Waals surface area contributed by atoms with Crippen molar-refractivity contribution in [1.82, 2.24) is 10.3 Å². The van der Waals surface area contributed by atoms with Crippen molar-refractivity contribution in [2.45, 2.75) is 0 Å². The summed E-state index contributed by atoms with van der Waals surface area (Å²) in [6.07, 6.45) is 0. The Kier molecular flexibility index (Phi) is 3.28. The lowest BCUT2D eigenvalue weighted by Crippen LogP contribution is -2.19. The molecule has 0 saturated carbocycles. The quantitative estimate of drug-likeness (QED) is 0.925. The van der Waals surface area contributed by atoms with E-state index < -0.39 is 0 Å². The molecule has 0 atom stereocenters. The van der Waals surface area contributed by atoms with Crippen LogP contribution in [0.2, 0.25) is 0 Å². The Morgan fingerprint density at radius 2 is 2.18 bits per heavy atom. The molecule has 0 bridgehead atoms. The maximum Gasteiger partial charge on any atom is 0.256 e. The number of aromatic nitrogens is 1. The van der Waals surface area contributed by atoms with Gasteiger partial charge in [0, 0.05) is 16.9 Å². The van der Waals surface area contributed by atoms with E-state index in [9.17, 15) is 4.79 Å². The molecular formula is C12H11BrN2O2. The first-order chi connectivity index (χ1) is 8.15. The number of hydrogen-bond acceptors (Lipinski definition) is 3. The van der Waals surface area contributed by atoms with Gasteiger partial charge in [0.25, 0.3) is 5.91 Å². The lowest BCUT2D eigenvalue weighted by atomic mass is 10.1. The molecule has 0 unspecified atom stereocenters. The zero-order chi connectivity index (χ0) is 12.4. The van der Waals surface area contributed by atoms with Crippen molar-refractivity contribution in [2.24, 2.45) is 0 Å². The van der Waals surface area contributed by atoms with Gasteiger partial charge in [-0.15, -0.1) is 0 Å². The van der Waals surface area contributed by atoms with Crippen LogP contribution in [-0.4, -0.2) is 25.0 Å². The average molecular weight is 295 g/mol. The molecule has 0 radical (unpaired) electrons. The molecule has 1 amide bonds. The fourth-order valence-electron chi connectivity index (χ4n) is 1.58. The van der Waals surface area contributed by atoms with Crippen molar-refractivity contribution in [3.63, 3.8) is 0 Å². The largest absolute Gasteiger partial charge is 0.480 e. The molecule has 0 aliphatic heterocycles. The summed E-state index contributed by atoms with van der Waals surface area (Å²) < 4.78 is 6.07. The normalized spacial score (nSPS) is 10.3. The number of halogens is 1. The topological polar surface area (TPSA) is 51.2 Å². The predicted octanol–water partition coefficient (Wildman–Crippen LogP) is 2.37. The number of rotatable bonds is 2. The second-order valence-corrected chi connectivity index (χ2v) is 4.38. The van der Waals surface area contributed by atoms with Crippen LogP contribution in [0, 0.1) is 0 Å². The van der Waals surface area contributed by atoms with Crippen LogP contribution in [0.25, 0.3) is 10.9 Å². The van der Waals surface area contributed by atoms with Crippen LogP contribution in [-0.2, 0) is 0 Å². The number of benzene rings is 1. The number of ether oxygens (including phenoxy) is 1. The van der Waals surface area contributed by atoms with E-state index in [1.54, 1.807) is 13.1 Å². The number of amides is 1. The Bertz CT molecular complexity index is 584. The number of hydrogen-bond donors (Lipinski definition) is 1. The zero-order valence-corrected chi connectivity index (χ0v) is 11.0. The standard InChI is InChI=1S/C12H11BrN2O2/c1-14-11(16)9-5-7-3-4-8(13)6-10(7)15-12(9)17-2/h3-6H,1-2H3,(H,14,16). The SMILES string of the molecule is CNC(=O)c1cc2ccc(Br)cc2nc1OC. The average Bonchev–Trinajstić information content (AvgIpc) is 2.36. The van der Waals surface area contributed by atoms with Crippen LogP contribution in [0.4, 0.5) is 0 Å². The minimum atomic E-state index is -0.209. The molecule has 0 spiro atoms. The number of methoxy groups -OCH3 is 1. The van der Waals surface area contributed by atoms with Crippen molar-refractivity contribution in [2.75, 3.05) is 14.2 Å². The monoisotopic (exact) mass is 294 g/mol. The number of carbonyl (C=O) groups is 1. The number of nitrogens with one attached hydrogen (secondary N) is 1. The summed E-state index contributed by atoms with van der Waals surface area (Å²) in [6.45, 7) is 0. The minimum Gasteiger partial charge on any atom is -0.480 e. The first-order valence-electron chi connectivity index (χ1n) is 5.02. The summed E-state index contributed by atoms with van der Waals surface area (Å²) >= 11 is 3.38. The lowest BCUT2D eigenvalue weighted by Gasteiger charge is -2.08. The maximum absolute atomic E-state index is 11.7.